The lowest BCUT2D eigenvalue weighted by Gasteiger charge is -2.07. The third-order valence-electron chi connectivity index (χ3n) is 3.04. The number of nitrogens with zero attached hydrogens (tertiary/aromatic N) is 1. The summed E-state index contributed by atoms with van der Waals surface area (Å²) in [5.41, 5.74) is 3.46. The molecule has 1 nitrogen and oxygen atoms in total. The molecule has 0 aliphatic carbocycles. The van der Waals surface area contributed by atoms with E-state index in [1.165, 1.54) is 21.9 Å². The van der Waals surface area contributed by atoms with Gasteiger partial charge in [-0.25, -0.2) is 0 Å². The lowest BCUT2D eigenvalue weighted by molar-refractivity contribution is 1.34. The molecule has 1 aromatic heterocycles. The summed E-state index contributed by atoms with van der Waals surface area (Å²) in [6, 6.07) is 16.7. The Hall–Kier alpha value is -1.67. The van der Waals surface area contributed by atoms with Crippen molar-refractivity contribution in [2.75, 3.05) is 0 Å². The van der Waals surface area contributed by atoms with E-state index in [1.807, 2.05) is 18.3 Å². The molecule has 0 unspecified atom stereocenters. The summed E-state index contributed by atoms with van der Waals surface area (Å²) in [6.45, 7) is 2.10. The molecule has 2 aromatic carbocycles. The summed E-state index contributed by atoms with van der Waals surface area (Å²) in [4.78, 5) is 4.54. The van der Waals surface area contributed by atoms with Crippen molar-refractivity contribution >= 4 is 26.7 Å². The largest absolute Gasteiger partial charge is 0.256 e. The summed E-state index contributed by atoms with van der Waals surface area (Å²) in [7, 11) is 0. The normalized spacial score (nSPS) is 10.8. The van der Waals surface area contributed by atoms with Gasteiger partial charge in [-0.2, -0.15) is 0 Å². The lowest BCUT2D eigenvalue weighted by Crippen LogP contribution is -1.87. The van der Waals surface area contributed by atoms with E-state index < -0.39 is 0 Å². The lowest BCUT2D eigenvalue weighted by atomic mass is 10.0. The maximum absolute atomic E-state index is 4.54. The van der Waals surface area contributed by atoms with Gasteiger partial charge in [-0.15, -0.1) is 0 Å². The van der Waals surface area contributed by atoms with Gasteiger partial charge in [0.1, 0.15) is 0 Å². The molecule has 0 amide bonds. The molecule has 0 N–H and O–H groups in total. The summed E-state index contributed by atoms with van der Waals surface area (Å²) in [6.07, 6.45) is 1.87. The molecule has 2 heteroatoms. The van der Waals surface area contributed by atoms with Crippen LogP contribution in [0.1, 0.15) is 5.56 Å². The second-order valence-electron chi connectivity index (χ2n) is 4.36. The highest BCUT2D eigenvalue weighted by molar-refractivity contribution is 9.10. The van der Waals surface area contributed by atoms with Gasteiger partial charge in [0.2, 0.25) is 0 Å². The molecule has 3 aromatic rings. The molecule has 0 spiro atoms. The van der Waals surface area contributed by atoms with Gasteiger partial charge in [-0.05, 0) is 30.5 Å². The van der Waals surface area contributed by atoms with E-state index in [4.69, 9.17) is 0 Å². The number of aryl methyl sites for hydroxylation is 1. The predicted molar refractivity (Wildman–Crippen MR) is 79.6 cm³/mol. The Morgan fingerprint density at radius 3 is 2.61 bits per heavy atom. The van der Waals surface area contributed by atoms with Gasteiger partial charge in [0.25, 0.3) is 0 Å². The van der Waals surface area contributed by atoms with Crippen molar-refractivity contribution in [3.05, 3.63) is 64.8 Å². The van der Waals surface area contributed by atoms with Gasteiger partial charge in [-0.3, -0.25) is 4.98 Å². The van der Waals surface area contributed by atoms with Gasteiger partial charge in [-0.1, -0.05) is 51.8 Å². The van der Waals surface area contributed by atoms with Crippen LogP contribution in [-0.4, -0.2) is 4.98 Å². The van der Waals surface area contributed by atoms with Gasteiger partial charge in [0.05, 0.1) is 5.69 Å². The van der Waals surface area contributed by atoms with Crippen LogP contribution in [0.4, 0.5) is 0 Å². The Morgan fingerprint density at radius 2 is 1.78 bits per heavy atom. The molecule has 0 radical (unpaired) electrons. The molecule has 0 bridgehead atoms. The Balaban J connectivity index is 2.33. The van der Waals surface area contributed by atoms with Crippen LogP contribution in [0.5, 0.6) is 0 Å². The van der Waals surface area contributed by atoms with Crippen LogP contribution in [0.3, 0.4) is 0 Å². The van der Waals surface area contributed by atoms with Crippen LogP contribution in [0.25, 0.3) is 22.0 Å². The summed E-state index contributed by atoms with van der Waals surface area (Å²) in [5, 5.41) is 2.38. The van der Waals surface area contributed by atoms with E-state index in [1.54, 1.807) is 0 Å². The molecule has 0 atom stereocenters. The minimum absolute atomic E-state index is 1.04. The number of fused-ring (bicyclic) bond motifs is 1. The molecule has 0 fully saturated rings. The van der Waals surface area contributed by atoms with Crippen LogP contribution in [0.15, 0.2) is 59.2 Å². The van der Waals surface area contributed by atoms with E-state index in [0.29, 0.717) is 0 Å². The molecule has 0 saturated carbocycles. The number of pyridine rings is 1. The SMILES string of the molecule is Cc1cccc(-c2nccc3c(Br)cccc23)c1. The summed E-state index contributed by atoms with van der Waals surface area (Å²) >= 11 is 3.59. The van der Waals surface area contributed by atoms with Crippen LogP contribution in [-0.2, 0) is 0 Å². The van der Waals surface area contributed by atoms with Gasteiger partial charge >= 0.3 is 0 Å². The van der Waals surface area contributed by atoms with Crippen LogP contribution < -0.4 is 0 Å². The summed E-state index contributed by atoms with van der Waals surface area (Å²) in [5.74, 6) is 0. The molecule has 0 saturated heterocycles. The molecular weight excluding hydrogens is 286 g/mol. The Kier molecular flexibility index (Phi) is 2.88. The smallest absolute Gasteiger partial charge is 0.0780 e. The first-order valence-corrected chi connectivity index (χ1v) is 6.65. The van der Waals surface area contributed by atoms with Crippen LogP contribution in [0.2, 0.25) is 0 Å². The minimum atomic E-state index is 1.04. The Labute approximate surface area is 115 Å². The molecule has 0 aliphatic heterocycles. The topological polar surface area (TPSA) is 12.9 Å². The van der Waals surface area contributed by atoms with E-state index in [9.17, 15) is 0 Å². The highest BCUT2D eigenvalue weighted by Gasteiger charge is 2.06. The molecule has 0 aliphatic rings. The fourth-order valence-electron chi connectivity index (χ4n) is 2.19. The molecule has 18 heavy (non-hydrogen) atoms. The number of hydrogen-bond acceptors (Lipinski definition) is 1. The number of rotatable bonds is 1. The van der Waals surface area contributed by atoms with Crippen molar-refractivity contribution in [2.45, 2.75) is 6.92 Å². The highest BCUT2D eigenvalue weighted by atomic mass is 79.9. The van der Waals surface area contributed by atoms with Crippen molar-refractivity contribution in [1.82, 2.24) is 4.98 Å². The number of halogens is 1. The zero-order chi connectivity index (χ0) is 12.5. The average Bonchev–Trinajstić information content (AvgIpc) is 2.39. The van der Waals surface area contributed by atoms with Gasteiger partial charge in [0.15, 0.2) is 0 Å². The average molecular weight is 298 g/mol. The fraction of sp³-hybridized carbons (Fsp3) is 0.0625. The van der Waals surface area contributed by atoms with Crippen molar-refractivity contribution in [2.24, 2.45) is 0 Å². The maximum atomic E-state index is 4.54. The van der Waals surface area contributed by atoms with Crippen molar-refractivity contribution in [3.8, 4) is 11.3 Å². The summed E-state index contributed by atoms with van der Waals surface area (Å²) < 4.78 is 1.11. The van der Waals surface area contributed by atoms with Crippen LogP contribution in [0, 0.1) is 6.92 Å². The number of aromatic nitrogens is 1. The Morgan fingerprint density at radius 1 is 0.944 bits per heavy atom. The van der Waals surface area contributed by atoms with Crippen molar-refractivity contribution in [3.63, 3.8) is 0 Å². The van der Waals surface area contributed by atoms with E-state index >= 15 is 0 Å². The fourth-order valence-corrected chi connectivity index (χ4v) is 2.69. The molecule has 3 rings (SSSR count). The zero-order valence-corrected chi connectivity index (χ0v) is 11.6. The minimum Gasteiger partial charge on any atom is -0.256 e. The Bertz CT molecular complexity index is 719. The quantitative estimate of drug-likeness (QED) is 0.618. The second-order valence-corrected chi connectivity index (χ2v) is 5.22. The first kappa shape index (κ1) is 11.4. The van der Waals surface area contributed by atoms with E-state index in [0.717, 1.165) is 10.2 Å². The highest BCUT2D eigenvalue weighted by Crippen LogP contribution is 2.30. The predicted octanol–water partition coefficient (Wildman–Crippen LogP) is 4.97. The zero-order valence-electron chi connectivity index (χ0n) is 10.0. The van der Waals surface area contributed by atoms with E-state index in [-0.39, 0.29) is 0 Å². The first-order valence-electron chi connectivity index (χ1n) is 5.86. The van der Waals surface area contributed by atoms with Crippen molar-refractivity contribution < 1.29 is 0 Å². The maximum Gasteiger partial charge on any atom is 0.0780 e. The van der Waals surface area contributed by atoms with Crippen molar-refractivity contribution in [1.29, 1.82) is 0 Å². The molecule has 1 heterocycles. The monoisotopic (exact) mass is 297 g/mol. The second kappa shape index (κ2) is 4.54. The van der Waals surface area contributed by atoms with Gasteiger partial charge < -0.3 is 0 Å². The number of hydrogen-bond donors (Lipinski definition) is 0. The number of benzene rings is 2. The first-order chi connectivity index (χ1) is 8.75. The third kappa shape index (κ3) is 1.93. The van der Waals surface area contributed by atoms with E-state index in [2.05, 4.69) is 64.2 Å². The molecule has 88 valence electrons. The molecular formula is C16H12BrN. The van der Waals surface area contributed by atoms with Gasteiger partial charge in [0, 0.05) is 21.6 Å². The van der Waals surface area contributed by atoms with Crippen LogP contribution >= 0.6 is 15.9 Å². The third-order valence-corrected chi connectivity index (χ3v) is 3.74. The standard InChI is InChI=1S/C16H12BrN/c1-11-4-2-5-12(10-11)16-14-6-3-7-15(17)13(14)8-9-18-16/h2-10H,1H3.